The third-order valence-electron chi connectivity index (χ3n) is 7.91. The van der Waals surface area contributed by atoms with E-state index in [1.165, 1.54) is 0 Å². The number of aromatic nitrogens is 4. The van der Waals surface area contributed by atoms with Crippen LogP contribution in [0.5, 0.6) is 0 Å². The molecule has 44 heavy (non-hydrogen) atoms. The Morgan fingerprint density at radius 3 is 1.34 bits per heavy atom. The van der Waals surface area contributed by atoms with E-state index in [2.05, 4.69) is 91.0 Å². The van der Waals surface area contributed by atoms with Gasteiger partial charge < -0.3 is 0 Å². The molecule has 206 valence electrons. The van der Waals surface area contributed by atoms with Crippen LogP contribution in [0.25, 0.3) is 78.2 Å². The minimum atomic E-state index is 0.615. The standard InChI is InChI=1S/C40H26N4/c1-5-15-27(16-6-1)33-25-35(28-17-7-2-8-18-28)41-36-26-34(31-23-13-14-24-32(31)37(33)36)40-43-38(29-19-9-3-10-20-29)42-39(44-40)30-21-11-4-12-22-30/h1-26H. The van der Waals surface area contributed by atoms with Crippen LogP contribution in [0.1, 0.15) is 0 Å². The summed E-state index contributed by atoms with van der Waals surface area (Å²) in [6, 6.07) is 53.9. The monoisotopic (exact) mass is 562 g/mol. The molecule has 0 saturated carbocycles. The molecule has 0 aliphatic carbocycles. The van der Waals surface area contributed by atoms with E-state index in [0.29, 0.717) is 17.5 Å². The minimum absolute atomic E-state index is 0.615. The van der Waals surface area contributed by atoms with Gasteiger partial charge in [0, 0.05) is 27.6 Å². The summed E-state index contributed by atoms with van der Waals surface area (Å²) in [5.41, 5.74) is 7.96. The molecule has 0 aliphatic rings. The average molecular weight is 563 g/mol. The molecule has 0 fully saturated rings. The van der Waals surface area contributed by atoms with Crippen molar-refractivity contribution in [2.24, 2.45) is 0 Å². The van der Waals surface area contributed by atoms with Gasteiger partial charge in [0.25, 0.3) is 0 Å². The van der Waals surface area contributed by atoms with Crippen LogP contribution in [0.15, 0.2) is 158 Å². The molecule has 8 rings (SSSR count). The Morgan fingerprint density at radius 2 is 0.773 bits per heavy atom. The van der Waals surface area contributed by atoms with E-state index in [1.54, 1.807) is 0 Å². The molecule has 4 nitrogen and oxygen atoms in total. The number of benzene rings is 6. The largest absolute Gasteiger partial charge is 0.248 e. The van der Waals surface area contributed by atoms with Gasteiger partial charge in [0.05, 0.1) is 11.2 Å². The van der Waals surface area contributed by atoms with E-state index in [4.69, 9.17) is 19.9 Å². The maximum absolute atomic E-state index is 5.26. The van der Waals surface area contributed by atoms with Crippen LogP contribution in [0.4, 0.5) is 0 Å². The summed E-state index contributed by atoms with van der Waals surface area (Å²) in [7, 11) is 0. The van der Waals surface area contributed by atoms with E-state index in [1.807, 2.05) is 66.7 Å². The zero-order valence-corrected chi connectivity index (χ0v) is 23.8. The molecule has 0 N–H and O–H groups in total. The number of fused-ring (bicyclic) bond motifs is 3. The average Bonchev–Trinajstić information content (AvgIpc) is 3.12. The topological polar surface area (TPSA) is 51.6 Å². The molecule has 0 atom stereocenters. The Kier molecular flexibility index (Phi) is 6.43. The number of nitrogens with zero attached hydrogens (tertiary/aromatic N) is 4. The summed E-state index contributed by atoms with van der Waals surface area (Å²) >= 11 is 0. The molecule has 0 radical (unpaired) electrons. The Hall–Kier alpha value is -6.00. The minimum Gasteiger partial charge on any atom is -0.248 e. The number of hydrogen-bond acceptors (Lipinski definition) is 4. The van der Waals surface area contributed by atoms with Crippen LogP contribution in [0, 0.1) is 0 Å². The fourth-order valence-corrected chi connectivity index (χ4v) is 5.82. The maximum atomic E-state index is 5.26. The summed E-state index contributed by atoms with van der Waals surface area (Å²) in [4.78, 5) is 20.3. The molecular formula is C40H26N4. The molecule has 2 aromatic heterocycles. The van der Waals surface area contributed by atoms with E-state index in [-0.39, 0.29) is 0 Å². The van der Waals surface area contributed by atoms with Crippen molar-refractivity contribution in [1.82, 2.24) is 19.9 Å². The second-order valence-electron chi connectivity index (χ2n) is 10.7. The van der Waals surface area contributed by atoms with Crippen LogP contribution in [0.2, 0.25) is 0 Å². The van der Waals surface area contributed by atoms with Crippen molar-refractivity contribution in [2.75, 3.05) is 0 Å². The highest BCUT2D eigenvalue weighted by Gasteiger charge is 2.19. The molecule has 0 amide bonds. The Morgan fingerprint density at radius 1 is 0.318 bits per heavy atom. The Balaban J connectivity index is 1.45. The summed E-state index contributed by atoms with van der Waals surface area (Å²) in [5, 5.41) is 3.28. The zero-order valence-electron chi connectivity index (χ0n) is 23.8. The van der Waals surface area contributed by atoms with Crippen LogP contribution in [0.3, 0.4) is 0 Å². The molecule has 0 saturated heterocycles. The first kappa shape index (κ1) is 25.7. The van der Waals surface area contributed by atoms with Crippen LogP contribution >= 0.6 is 0 Å². The lowest BCUT2D eigenvalue weighted by Crippen LogP contribution is -2.01. The van der Waals surface area contributed by atoms with Crippen LogP contribution in [-0.2, 0) is 0 Å². The number of rotatable bonds is 5. The van der Waals surface area contributed by atoms with E-state index in [9.17, 15) is 0 Å². The summed E-state index contributed by atoms with van der Waals surface area (Å²) in [5.74, 6) is 1.88. The van der Waals surface area contributed by atoms with Gasteiger partial charge in [-0.25, -0.2) is 19.9 Å². The molecular weight excluding hydrogens is 536 g/mol. The maximum Gasteiger partial charge on any atom is 0.164 e. The van der Waals surface area contributed by atoms with Crippen LogP contribution in [-0.4, -0.2) is 19.9 Å². The first-order valence-corrected chi connectivity index (χ1v) is 14.7. The third kappa shape index (κ3) is 4.69. The molecule has 0 unspecified atom stereocenters. The number of hydrogen-bond donors (Lipinski definition) is 0. The predicted molar refractivity (Wildman–Crippen MR) is 180 cm³/mol. The highest BCUT2D eigenvalue weighted by Crippen LogP contribution is 2.40. The van der Waals surface area contributed by atoms with Crippen molar-refractivity contribution < 1.29 is 0 Å². The van der Waals surface area contributed by atoms with Gasteiger partial charge in [0.1, 0.15) is 0 Å². The van der Waals surface area contributed by atoms with Gasteiger partial charge in [-0.2, -0.15) is 0 Å². The molecule has 0 aliphatic heterocycles. The molecule has 4 heteroatoms. The lowest BCUT2D eigenvalue weighted by molar-refractivity contribution is 1.08. The van der Waals surface area contributed by atoms with Gasteiger partial charge in [-0.1, -0.05) is 146 Å². The van der Waals surface area contributed by atoms with Crippen molar-refractivity contribution in [3.05, 3.63) is 158 Å². The first-order valence-electron chi connectivity index (χ1n) is 14.7. The Labute approximate surface area is 255 Å². The molecule has 0 bridgehead atoms. The summed E-state index contributed by atoms with van der Waals surface area (Å²) < 4.78 is 0. The van der Waals surface area contributed by atoms with Crippen molar-refractivity contribution in [3.8, 4) is 56.5 Å². The van der Waals surface area contributed by atoms with Gasteiger partial charge in [-0.3, -0.25) is 0 Å². The highest BCUT2D eigenvalue weighted by atomic mass is 15.0. The van der Waals surface area contributed by atoms with E-state index in [0.717, 1.165) is 60.8 Å². The first-order chi connectivity index (χ1) is 21.8. The molecule has 2 heterocycles. The van der Waals surface area contributed by atoms with Gasteiger partial charge in [0.15, 0.2) is 17.5 Å². The normalized spacial score (nSPS) is 11.2. The quantitative estimate of drug-likeness (QED) is 0.196. The summed E-state index contributed by atoms with van der Waals surface area (Å²) in [6.45, 7) is 0. The Bertz CT molecular complexity index is 2190. The van der Waals surface area contributed by atoms with Crippen molar-refractivity contribution in [2.45, 2.75) is 0 Å². The van der Waals surface area contributed by atoms with Gasteiger partial charge in [0.2, 0.25) is 0 Å². The highest BCUT2D eigenvalue weighted by molar-refractivity contribution is 6.17. The SMILES string of the molecule is c1ccc(-c2cc(-c3ccccc3)c3c(cc(-c4nc(-c5ccccc5)nc(-c5ccccc5)n4)c4ccccc43)n2)cc1. The lowest BCUT2D eigenvalue weighted by atomic mass is 9.92. The smallest absolute Gasteiger partial charge is 0.164 e. The van der Waals surface area contributed by atoms with E-state index < -0.39 is 0 Å². The second kappa shape index (κ2) is 11.0. The third-order valence-corrected chi connectivity index (χ3v) is 7.91. The van der Waals surface area contributed by atoms with Crippen molar-refractivity contribution in [3.63, 3.8) is 0 Å². The lowest BCUT2D eigenvalue weighted by Gasteiger charge is -2.16. The van der Waals surface area contributed by atoms with Crippen LogP contribution < -0.4 is 0 Å². The van der Waals surface area contributed by atoms with Gasteiger partial charge in [-0.15, -0.1) is 0 Å². The predicted octanol–water partition coefficient (Wildman–Crippen LogP) is 9.91. The fourth-order valence-electron chi connectivity index (χ4n) is 5.82. The number of pyridine rings is 1. The van der Waals surface area contributed by atoms with E-state index >= 15 is 0 Å². The fraction of sp³-hybridized carbons (Fsp3) is 0. The van der Waals surface area contributed by atoms with Gasteiger partial charge >= 0.3 is 0 Å². The molecule has 0 spiro atoms. The molecule has 6 aromatic carbocycles. The zero-order chi connectivity index (χ0) is 29.3. The van der Waals surface area contributed by atoms with Crippen molar-refractivity contribution >= 4 is 21.7 Å². The van der Waals surface area contributed by atoms with Crippen molar-refractivity contribution in [1.29, 1.82) is 0 Å². The summed E-state index contributed by atoms with van der Waals surface area (Å²) in [6.07, 6.45) is 0. The molecule has 8 aromatic rings. The van der Waals surface area contributed by atoms with Gasteiger partial charge in [-0.05, 0) is 34.0 Å². The second-order valence-corrected chi connectivity index (χ2v) is 10.7.